The van der Waals surface area contributed by atoms with E-state index in [4.69, 9.17) is 9.26 Å². The van der Waals surface area contributed by atoms with E-state index in [1.807, 2.05) is 11.8 Å². The molecule has 2 fully saturated rings. The van der Waals surface area contributed by atoms with E-state index < -0.39 is 0 Å². The van der Waals surface area contributed by atoms with Crippen LogP contribution >= 0.6 is 11.8 Å². The van der Waals surface area contributed by atoms with Crippen LogP contribution in [-0.2, 0) is 9.53 Å². The second kappa shape index (κ2) is 5.60. The van der Waals surface area contributed by atoms with Crippen LogP contribution < -0.4 is 0 Å². The molecule has 2 aliphatic rings. The predicted octanol–water partition coefficient (Wildman–Crippen LogP) is 0.862. The van der Waals surface area contributed by atoms with E-state index >= 15 is 0 Å². The van der Waals surface area contributed by atoms with Gasteiger partial charge in [-0.25, -0.2) is 0 Å². The highest BCUT2D eigenvalue weighted by atomic mass is 32.2. The van der Waals surface area contributed by atoms with Crippen molar-refractivity contribution in [1.82, 2.24) is 15.0 Å². The number of rotatable bonds is 2. The Kier molecular flexibility index (Phi) is 3.86. The molecule has 0 bridgehead atoms. The third kappa shape index (κ3) is 2.68. The van der Waals surface area contributed by atoms with Crippen LogP contribution in [0.3, 0.4) is 0 Å². The van der Waals surface area contributed by atoms with Crippen LogP contribution in [0.15, 0.2) is 4.52 Å². The summed E-state index contributed by atoms with van der Waals surface area (Å²) in [6.45, 7) is 1.87. The number of hydrogen-bond acceptors (Lipinski definition) is 7. The minimum atomic E-state index is -0.378. The van der Waals surface area contributed by atoms with Crippen LogP contribution in [0.1, 0.15) is 30.1 Å². The lowest BCUT2D eigenvalue weighted by molar-refractivity contribution is -0.127. The summed E-state index contributed by atoms with van der Waals surface area (Å²) in [6, 6.07) is 0.177. The van der Waals surface area contributed by atoms with Gasteiger partial charge in [-0.15, -0.1) is 0 Å². The lowest BCUT2D eigenvalue weighted by Crippen LogP contribution is -2.33. The zero-order valence-electron chi connectivity index (χ0n) is 10.9. The molecule has 1 aromatic heterocycles. The lowest BCUT2D eigenvalue weighted by atomic mass is 10.0. The maximum atomic E-state index is 11.8. The van der Waals surface area contributed by atoms with Crippen LogP contribution in [0.2, 0.25) is 0 Å². The summed E-state index contributed by atoms with van der Waals surface area (Å²) in [5.41, 5.74) is 0. The molecule has 3 rings (SSSR count). The molecule has 0 aromatic carbocycles. The SMILES string of the molecule is CN1CCSCC1c1noc(C2COCCC2=O)n1. The molecule has 2 saturated heterocycles. The van der Waals surface area contributed by atoms with Crippen molar-refractivity contribution in [3.05, 3.63) is 11.7 Å². The van der Waals surface area contributed by atoms with Crippen LogP contribution in [0.5, 0.6) is 0 Å². The van der Waals surface area contributed by atoms with Gasteiger partial charge in [-0.3, -0.25) is 9.69 Å². The van der Waals surface area contributed by atoms with Crippen molar-refractivity contribution >= 4 is 17.5 Å². The summed E-state index contributed by atoms with van der Waals surface area (Å²) < 4.78 is 10.6. The minimum Gasteiger partial charge on any atom is -0.380 e. The molecule has 3 heterocycles. The largest absolute Gasteiger partial charge is 0.380 e. The Morgan fingerprint density at radius 2 is 2.37 bits per heavy atom. The van der Waals surface area contributed by atoms with E-state index in [9.17, 15) is 4.79 Å². The average molecular weight is 283 g/mol. The number of aromatic nitrogens is 2. The number of ether oxygens (including phenoxy) is 1. The van der Waals surface area contributed by atoms with E-state index in [1.165, 1.54) is 0 Å². The fourth-order valence-corrected chi connectivity index (χ4v) is 3.54. The van der Waals surface area contributed by atoms with Crippen molar-refractivity contribution in [1.29, 1.82) is 0 Å². The van der Waals surface area contributed by atoms with Crippen molar-refractivity contribution < 1.29 is 14.1 Å². The molecule has 0 spiro atoms. The first-order valence-electron chi connectivity index (χ1n) is 6.47. The van der Waals surface area contributed by atoms with Gasteiger partial charge in [-0.2, -0.15) is 16.7 Å². The third-order valence-corrected chi connectivity index (χ3v) is 4.64. The molecule has 2 aliphatic heterocycles. The monoisotopic (exact) mass is 283 g/mol. The summed E-state index contributed by atoms with van der Waals surface area (Å²) in [5.74, 6) is 2.94. The highest BCUT2D eigenvalue weighted by Gasteiger charge is 2.32. The van der Waals surface area contributed by atoms with Gasteiger partial charge < -0.3 is 9.26 Å². The quantitative estimate of drug-likeness (QED) is 0.797. The van der Waals surface area contributed by atoms with E-state index in [2.05, 4.69) is 22.1 Å². The lowest BCUT2D eigenvalue weighted by Gasteiger charge is -2.29. The fraction of sp³-hybridized carbons (Fsp3) is 0.750. The molecule has 19 heavy (non-hydrogen) atoms. The number of ketones is 1. The van der Waals surface area contributed by atoms with Gasteiger partial charge in [-0.1, -0.05) is 5.16 Å². The fourth-order valence-electron chi connectivity index (χ4n) is 2.33. The number of carbonyl (C=O) groups is 1. The molecule has 2 atom stereocenters. The van der Waals surface area contributed by atoms with Gasteiger partial charge in [-0.05, 0) is 7.05 Å². The maximum absolute atomic E-state index is 11.8. The second-order valence-electron chi connectivity index (χ2n) is 4.91. The van der Waals surface area contributed by atoms with Crippen molar-refractivity contribution in [3.8, 4) is 0 Å². The molecule has 6 nitrogen and oxygen atoms in total. The Hall–Kier alpha value is -0.920. The molecule has 0 aliphatic carbocycles. The summed E-state index contributed by atoms with van der Waals surface area (Å²) in [5, 5.41) is 4.05. The zero-order valence-corrected chi connectivity index (χ0v) is 11.7. The van der Waals surface area contributed by atoms with Crippen molar-refractivity contribution in [2.45, 2.75) is 18.4 Å². The number of carbonyl (C=O) groups excluding carboxylic acids is 1. The Balaban J connectivity index is 1.76. The van der Waals surface area contributed by atoms with Crippen LogP contribution in [0.25, 0.3) is 0 Å². The molecule has 0 N–H and O–H groups in total. The van der Waals surface area contributed by atoms with Gasteiger partial charge in [0.2, 0.25) is 5.89 Å². The summed E-state index contributed by atoms with van der Waals surface area (Å²) >= 11 is 1.89. The molecule has 0 saturated carbocycles. The van der Waals surface area contributed by atoms with Crippen molar-refractivity contribution in [2.24, 2.45) is 0 Å². The normalized spacial score (nSPS) is 29.6. The number of Topliss-reactive ketones (excluding diaryl/α,β-unsaturated/α-hetero) is 1. The van der Waals surface area contributed by atoms with Gasteiger partial charge in [0, 0.05) is 24.5 Å². The Morgan fingerprint density at radius 3 is 3.16 bits per heavy atom. The summed E-state index contributed by atoms with van der Waals surface area (Å²) in [7, 11) is 2.06. The molecule has 0 radical (unpaired) electrons. The molecular weight excluding hydrogens is 266 g/mol. The molecule has 7 heteroatoms. The number of nitrogens with zero attached hydrogens (tertiary/aromatic N) is 3. The predicted molar refractivity (Wildman–Crippen MR) is 70.2 cm³/mol. The van der Waals surface area contributed by atoms with E-state index in [-0.39, 0.29) is 17.7 Å². The molecule has 0 amide bonds. The van der Waals surface area contributed by atoms with Crippen molar-refractivity contribution in [2.75, 3.05) is 38.3 Å². The molecular formula is C12H17N3O3S. The second-order valence-corrected chi connectivity index (χ2v) is 6.06. The van der Waals surface area contributed by atoms with Gasteiger partial charge in [0.15, 0.2) is 5.82 Å². The first-order valence-corrected chi connectivity index (χ1v) is 7.63. The Labute approximate surface area is 115 Å². The number of hydrogen-bond donors (Lipinski definition) is 0. The van der Waals surface area contributed by atoms with Gasteiger partial charge in [0.05, 0.1) is 19.3 Å². The first kappa shape index (κ1) is 13.1. The smallest absolute Gasteiger partial charge is 0.239 e. The highest BCUT2D eigenvalue weighted by molar-refractivity contribution is 7.99. The van der Waals surface area contributed by atoms with Crippen LogP contribution in [0, 0.1) is 0 Å². The summed E-state index contributed by atoms with van der Waals surface area (Å²) in [4.78, 5) is 18.5. The Morgan fingerprint density at radius 1 is 1.47 bits per heavy atom. The van der Waals surface area contributed by atoms with Crippen LogP contribution in [-0.4, -0.2) is 59.1 Å². The number of thioether (sulfide) groups is 1. The van der Waals surface area contributed by atoms with E-state index in [0.717, 1.165) is 18.1 Å². The van der Waals surface area contributed by atoms with Crippen molar-refractivity contribution in [3.63, 3.8) is 0 Å². The average Bonchev–Trinajstić information content (AvgIpc) is 2.89. The Bertz CT molecular complexity index is 465. The molecule has 2 unspecified atom stereocenters. The highest BCUT2D eigenvalue weighted by Crippen LogP contribution is 2.28. The van der Waals surface area contributed by atoms with Gasteiger partial charge in [0.1, 0.15) is 11.7 Å². The zero-order chi connectivity index (χ0) is 13.2. The maximum Gasteiger partial charge on any atom is 0.239 e. The van der Waals surface area contributed by atoms with E-state index in [0.29, 0.717) is 31.3 Å². The van der Waals surface area contributed by atoms with Gasteiger partial charge >= 0.3 is 0 Å². The summed E-state index contributed by atoms with van der Waals surface area (Å²) in [6.07, 6.45) is 0.432. The van der Waals surface area contributed by atoms with Crippen LogP contribution in [0.4, 0.5) is 0 Å². The standard InChI is InChI=1S/C12H17N3O3S/c1-15-3-5-19-7-9(15)11-13-12(18-14-11)8-6-17-4-2-10(8)16/h8-9H,2-7H2,1H3. The molecule has 1 aromatic rings. The van der Waals surface area contributed by atoms with E-state index in [1.54, 1.807) is 0 Å². The molecule has 104 valence electrons. The van der Waals surface area contributed by atoms with Gasteiger partial charge in [0.25, 0.3) is 0 Å². The topological polar surface area (TPSA) is 68.5 Å². The minimum absolute atomic E-state index is 0.132. The third-order valence-electron chi connectivity index (χ3n) is 3.62. The first-order chi connectivity index (χ1) is 9.25.